The van der Waals surface area contributed by atoms with Crippen LogP contribution in [-0.2, 0) is 5.79 Å². The van der Waals surface area contributed by atoms with Crippen molar-refractivity contribution in [2.24, 2.45) is 0 Å². The fourth-order valence-electron chi connectivity index (χ4n) is 3.47. The van der Waals surface area contributed by atoms with Crippen LogP contribution in [0, 0.1) is 5.82 Å². The summed E-state index contributed by atoms with van der Waals surface area (Å²) in [6, 6.07) is 12.4. The van der Waals surface area contributed by atoms with Gasteiger partial charge in [0, 0.05) is 18.1 Å². The molecule has 0 bridgehead atoms. The molecular weight excluding hydrogens is 293 g/mol. The average molecular weight is 313 g/mol. The smallest absolute Gasteiger partial charge is 0.275 e. The number of halogens is 1. The molecule has 2 heterocycles. The Hall–Kier alpha value is -2.07. The normalized spacial score (nSPS) is 23.9. The largest absolute Gasteiger partial charge is 0.445 e. The maximum absolute atomic E-state index is 13.2. The van der Waals surface area contributed by atoms with Gasteiger partial charge in [-0.05, 0) is 62.2 Å². The third-order valence-corrected chi connectivity index (χ3v) is 4.76. The molecule has 2 aliphatic rings. The molecule has 2 aliphatic heterocycles. The zero-order valence-corrected chi connectivity index (χ0v) is 13.1. The lowest BCUT2D eigenvalue weighted by molar-refractivity contribution is -0.0685. The van der Waals surface area contributed by atoms with E-state index in [1.165, 1.54) is 17.7 Å². The standard InChI is InChI=1S/C19H20FNO2/c1-19(14-5-7-15(20)8-6-14)22-17-4-2-3-16(18(17)23-19)13-9-11-21-12-10-13/h2-8,13,21H,9-12H2,1H3. The van der Waals surface area contributed by atoms with Crippen molar-refractivity contribution in [1.82, 2.24) is 5.32 Å². The number of hydrogen-bond donors (Lipinski definition) is 1. The molecule has 0 aromatic heterocycles. The van der Waals surface area contributed by atoms with E-state index in [1.54, 1.807) is 12.1 Å². The van der Waals surface area contributed by atoms with Crippen molar-refractivity contribution in [2.75, 3.05) is 13.1 Å². The number of benzene rings is 2. The lowest BCUT2D eigenvalue weighted by Crippen LogP contribution is -2.31. The molecule has 2 aromatic rings. The molecule has 23 heavy (non-hydrogen) atoms. The third kappa shape index (κ3) is 2.57. The van der Waals surface area contributed by atoms with Gasteiger partial charge in [0.05, 0.1) is 0 Å². The molecule has 0 radical (unpaired) electrons. The van der Waals surface area contributed by atoms with E-state index in [1.807, 2.05) is 19.1 Å². The first-order valence-corrected chi connectivity index (χ1v) is 8.13. The highest BCUT2D eigenvalue weighted by Gasteiger charge is 2.40. The van der Waals surface area contributed by atoms with E-state index in [9.17, 15) is 4.39 Å². The average Bonchev–Trinajstić information content (AvgIpc) is 2.93. The second-order valence-corrected chi connectivity index (χ2v) is 6.36. The molecule has 1 atom stereocenters. The summed E-state index contributed by atoms with van der Waals surface area (Å²) in [5.74, 6) is 0.937. The summed E-state index contributed by atoms with van der Waals surface area (Å²) in [6.07, 6.45) is 2.21. The number of rotatable bonds is 2. The summed E-state index contributed by atoms with van der Waals surface area (Å²) >= 11 is 0. The molecule has 1 saturated heterocycles. The van der Waals surface area contributed by atoms with Gasteiger partial charge in [-0.3, -0.25) is 0 Å². The Bertz CT molecular complexity index is 710. The SMILES string of the molecule is CC1(c2ccc(F)cc2)Oc2cccc(C3CCNCC3)c2O1. The van der Waals surface area contributed by atoms with E-state index in [0.717, 1.165) is 43.0 Å². The number of fused-ring (bicyclic) bond motifs is 1. The molecule has 120 valence electrons. The van der Waals surface area contributed by atoms with E-state index >= 15 is 0 Å². The van der Waals surface area contributed by atoms with Crippen molar-refractivity contribution in [3.63, 3.8) is 0 Å². The zero-order valence-electron chi connectivity index (χ0n) is 13.1. The topological polar surface area (TPSA) is 30.5 Å². The summed E-state index contributed by atoms with van der Waals surface area (Å²) < 4.78 is 25.5. The number of nitrogens with one attached hydrogen (secondary N) is 1. The van der Waals surface area contributed by atoms with Gasteiger partial charge in [0.2, 0.25) is 0 Å². The molecule has 0 amide bonds. The maximum Gasteiger partial charge on any atom is 0.275 e. The Kier molecular flexibility index (Phi) is 3.49. The molecular formula is C19H20FNO2. The van der Waals surface area contributed by atoms with E-state index in [-0.39, 0.29) is 5.82 Å². The third-order valence-electron chi connectivity index (χ3n) is 4.76. The Morgan fingerprint density at radius 1 is 1.04 bits per heavy atom. The predicted octanol–water partition coefficient (Wildman–Crippen LogP) is 3.94. The maximum atomic E-state index is 13.2. The van der Waals surface area contributed by atoms with E-state index in [0.29, 0.717) is 5.92 Å². The summed E-state index contributed by atoms with van der Waals surface area (Å²) in [6.45, 7) is 3.95. The lowest BCUT2D eigenvalue weighted by atomic mass is 9.89. The van der Waals surface area contributed by atoms with Gasteiger partial charge in [-0.2, -0.15) is 0 Å². The molecule has 0 aliphatic carbocycles. The van der Waals surface area contributed by atoms with Crippen LogP contribution in [0.2, 0.25) is 0 Å². The van der Waals surface area contributed by atoms with Gasteiger partial charge in [0.1, 0.15) is 5.82 Å². The highest BCUT2D eigenvalue weighted by Crippen LogP contribution is 2.48. The van der Waals surface area contributed by atoms with Crippen LogP contribution in [0.5, 0.6) is 11.5 Å². The van der Waals surface area contributed by atoms with E-state index < -0.39 is 5.79 Å². The highest BCUT2D eigenvalue weighted by molar-refractivity contribution is 5.52. The monoisotopic (exact) mass is 313 g/mol. The van der Waals surface area contributed by atoms with Crippen LogP contribution in [-0.4, -0.2) is 13.1 Å². The van der Waals surface area contributed by atoms with Crippen LogP contribution in [0.3, 0.4) is 0 Å². The van der Waals surface area contributed by atoms with Gasteiger partial charge in [-0.15, -0.1) is 0 Å². The molecule has 2 aromatic carbocycles. The molecule has 0 spiro atoms. The fourth-order valence-corrected chi connectivity index (χ4v) is 3.47. The van der Waals surface area contributed by atoms with Gasteiger partial charge in [-0.25, -0.2) is 4.39 Å². The molecule has 4 rings (SSSR count). The minimum absolute atomic E-state index is 0.261. The Labute approximate surface area is 135 Å². The number of ether oxygens (including phenoxy) is 2. The summed E-state index contributed by atoms with van der Waals surface area (Å²) in [7, 11) is 0. The first kappa shape index (κ1) is 14.5. The van der Waals surface area contributed by atoms with Gasteiger partial charge >= 0.3 is 0 Å². The Balaban J connectivity index is 1.67. The quantitative estimate of drug-likeness (QED) is 0.911. The minimum Gasteiger partial charge on any atom is -0.445 e. The molecule has 0 saturated carbocycles. The summed E-state index contributed by atoms with van der Waals surface area (Å²) in [5.41, 5.74) is 2.03. The number of hydrogen-bond acceptors (Lipinski definition) is 3. The second-order valence-electron chi connectivity index (χ2n) is 6.36. The molecule has 1 unspecified atom stereocenters. The molecule has 1 N–H and O–H groups in total. The molecule has 4 heteroatoms. The van der Waals surface area contributed by atoms with Crippen molar-refractivity contribution < 1.29 is 13.9 Å². The highest BCUT2D eigenvalue weighted by atomic mass is 19.1. The molecule has 1 fully saturated rings. The van der Waals surface area contributed by atoms with Crippen molar-refractivity contribution in [2.45, 2.75) is 31.5 Å². The van der Waals surface area contributed by atoms with Crippen molar-refractivity contribution in [1.29, 1.82) is 0 Å². The molecule has 3 nitrogen and oxygen atoms in total. The Morgan fingerprint density at radius 3 is 2.52 bits per heavy atom. The van der Waals surface area contributed by atoms with E-state index in [2.05, 4.69) is 11.4 Å². The van der Waals surface area contributed by atoms with Crippen molar-refractivity contribution in [3.8, 4) is 11.5 Å². The summed E-state index contributed by atoms with van der Waals surface area (Å²) in [5, 5.41) is 3.39. The fraction of sp³-hybridized carbons (Fsp3) is 0.368. The Morgan fingerprint density at radius 2 is 1.78 bits per heavy atom. The van der Waals surface area contributed by atoms with Crippen LogP contribution < -0.4 is 14.8 Å². The van der Waals surface area contributed by atoms with Crippen LogP contribution in [0.1, 0.15) is 36.8 Å². The number of piperidine rings is 1. The van der Waals surface area contributed by atoms with Gasteiger partial charge in [-0.1, -0.05) is 12.1 Å². The first-order chi connectivity index (χ1) is 11.2. The summed E-state index contributed by atoms with van der Waals surface area (Å²) in [4.78, 5) is 0. The first-order valence-electron chi connectivity index (χ1n) is 8.13. The second kappa shape index (κ2) is 5.53. The lowest BCUT2D eigenvalue weighted by Gasteiger charge is -2.26. The minimum atomic E-state index is -0.904. The van der Waals surface area contributed by atoms with E-state index in [4.69, 9.17) is 9.47 Å². The predicted molar refractivity (Wildman–Crippen MR) is 86.3 cm³/mol. The van der Waals surface area contributed by atoms with Crippen molar-refractivity contribution in [3.05, 3.63) is 59.4 Å². The van der Waals surface area contributed by atoms with Gasteiger partial charge in [0.25, 0.3) is 5.79 Å². The van der Waals surface area contributed by atoms with Crippen LogP contribution in [0.25, 0.3) is 0 Å². The van der Waals surface area contributed by atoms with Gasteiger partial charge in [0.15, 0.2) is 11.5 Å². The number of para-hydroxylation sites is 1. The van der Waals surface area contributed by atoms with Crippen molar-refractivity contribution >= 4 is 0 Å². The van der Waals surface area contributed by atoms with Crippen LogP contribution >= 0.6 is 0 Å². The van der Waals surface area contributed by atoms with Crippen LogP contribution in [0.15, 0.2) is 42.5 Å². The van der Waals surface area contributed by atoms with Gasteiger partial charge < -0.3 is 14.8 Å². The zero-order chi connectivity index (χ0) is 15.9. The van der Waals surface area contributed by atoms with Crippen LogP contribution in [0.4, 0.5) is 4.39 Å².